The van der Waals surface area contributed by atoms with E-state index in [1.54, 1.807) is 20.8 Å². The Morgan fingerprint density at radius 1 is 0.392 bits per heavy atom. The van der Waals surface area contributed by atoms with Crippen LogP contribution in [0.2, 0.25) is 0 Å². The fraction of sp³-hybridized carbons (Fsp3) is 0.797. The molecule has 3 atom stereocenters. The van der Waals surface area contributed by atoms with E-state index in [1.165, 1.54) is 26.7 Å². The second kappa shape index (κ2) is 63.5. The molecule has 0 aromatic heterocycles. The highest BCUT2D eigenvalue weighted by Crippen LogP contribution is 2.10. The van der Waals surface area contributed by atoms with Crippen LogP contribution in [0.25, 0.3) is 0 Å². The second-order valence-electron chi connectivity index (χ2n) is 25.9. The first kappa shape index (κ1) is 99.0. The van der Waals surface area contributed by atoms with Gasteiger partial charge in [0.05, 0.1) is 93.4 Å². The van der Waals surface area contributed by atoms with Gasteiger partial charge in [0, 0.05) is 77.9 Å². The number of nitrogens with one attached hydrogen (secondary N) is 11. The predicted octanol–water partition coefficient (Wildman–Crippen LogP) is 1.53. The molecule has 9 amide bonds. The van der Waals surface area contributed by atoms with Gasteiger partial charge in [-0.1, -0.05) is 50.3 Å². The number of ketones is 3. The van der Waals surface area contributed by atoms with E-state index in [4.69, 9.17) is 30.4 Å². The molecule has 0 radical (unpaired) electrons. The lowest BCUT2D eigenvalue weighted by Crippen LogP contribution is -2.57. The summed E-state index contributed by atoms with van der Waals surface area (Å²) in [4.78, 5) is 145. The SMILES string of the molecule is CC(=O)CN[C@@H](CCCCNC(=O)COCCOCCNC(=O)COCCOCCNC(=O)CCCC(=O)NCCCC[C@H](NC(=O)CCCC(=O)NC(CNC(C)(C)/C(C)=N/O)CNC(C)(C)/C(C)=N/O)C(=O)NCCCC[C@@H](NCC(C)=O)C(N)=O)C(N)=O.CCCC.CCCCC(C)=O. The average Bonchev–Trinajstić information content (AvgIpc) is 0.873. The number of nitrogens with two attached hydrogens (primary N) is 2. The van der Waals surface area contributed by atoms with E-state index in [0.717, 1.165) is 19.3 Å². The zero-order chi connectivity index (χ0) is 77.6. The van der Waals surface area contributed by atoms with Crippen molar-refractivity contribution in [3.63, 3.8) is 0 Å². The van der Waals surface area contributed by atoms with Crippen LogP contribution < -0.4 is 70.0 Å². The topological polar surface area (TPSA) is 491 Å². The summed E-state index contributed by atoms with van der Waals surface area (Å²) >= 11 is 0. The highest BCUT2D eigenvalue weighted by atomic mass is 16.5. The first-order valence-electron chi connectivity index (χ1n) is 36.0. The maximum Gasteiger partial charge on any atom is 0.246 e. The van der Waals surface area contributed by atoms with Crippen LogP contribution in [0, 0.1) is 0 Å². The maximum atomic E-state index is 13.5. The molecule has 0 saturated heterocycles. The van der Waals surface area contributed by atoms with Gasteiger partial charge in [-0.3, -0.25) is 63.4 Å². The highest BCUT2D eigenvalue weighted by Gasteiger charge is 2.28. The highest BCUT2D eigenvalue weighted by molar-refractivity contribution is 5.91. The Bertz CT molecular complexity index is 2430. The first-order chi connectivity index (χ1) is 48.3. The van der Waals surface area contributed by atoms with Gasteiger partial charge in [0.1, 0.15) is 36.6 Å². The summed E-state index contributed by atoms with van der Waals surface area (Å²) in [5, 5.41) is 57.0. The van der Waals surface area contributed by atoms with Crippen LogP contribution in [0.1, 0.15) is 212 Å². The van der Waals surface area contributed by atoms with E-state index in [1.807, 2.05) is 27.7 Å². The molecule has 33 nitrogen and oxygen atoms in total. The Balaban J connectivity index is -0.00000819. The minimum absolute atomic E-state index is 0.00535. The van der Waals surface area contributed by atoms with Crippen LogP contribution in [0.3, 0.4) is 0 Å². The van der Waals surface area contributed by atoms with E-state index >= 15 is 0 Å². The molecule has 0 fully saturated rings. The number of hydrogen-bond donors (Lipinski definition) is 15. The molecule has 0 saturated carbocycles. The molecule has 33 heteroatoms. The summed E-state index contributed by atoms with van der Waals surface area (Å²) in [6.45, 7) is 24.3. The molecule has 0 aromatic carbocycles. The Morgan fingerprint density at radius 2 is 0.755 bits per heavy atom. The normalized spacial score (nSPS) is 12.4. The molecule has 0 aliphatic carbocycles. The molecule has 0 aromatic rings. The van der Waals surface area contributed by atoms with Crippen LogP contribution >= 0.6 is 0 Å². The number of unbranched alkanes of at least 4 members (excludes halogenated alkanes) is 5. The summed E-state index contributed by atoms with van der Waals surface area (Å²) in [6.07, 6.45) is 10.3. The average molecular weight is 1460 g/mol. The minimum atomic E-state index is -0.935. The molecule has 590 valence electrons. The zero-order valence-corrected chi connectivity index (χ0v) is 63.4. The summed E-state index contributed by atoms with van der Waals surface area (Å²) in [5.74, 6) is -3.45. The van der Waals surface area contributed by atoms with Gasteiger partial charge in [0.25, 0.3) is 0 Å². The molecule has 17 N–H and O–H groups in total. The quantitative estimate of drug-likeness (QED) is 0.0178. The maximum absolute atomic E-state index is 13.5. The Morgan fingerprint density at radius 3 is 1.13 bits per heavy atom. The van der Waals surface area contributed by atoms with Gasteiger partial charge in [0.15, 0.2) is 0 Å². The number of oxime groups is 2. The Labute approximate surface area is 605 Å². The monoisotopic (exact) mass is 1460 g/mol. The smallest absolute Gasteiger partial charge is 0.246 e. The van der Waals surface area contributed by atoms with E-state index < -0.39 is 58.9 Å². The zero-order valence-electron chi connectivity index (χ0n) is 63.4. The third-order valence-corrected chi connectivity index (χ3v) is 15.6. The molecular formula is C69H131N15O18. The number of nitrogens with zero attached hydrogens (tertiary/aromatic N) is 2. The van der Waals surface area contributed by atoms with Gasteiger partial charge in [-0.05, 0) is 139 Å². The lowest BCUT2D eigenvalue weighted by atomic mass is 9.98. The van der Waals surface area contributed by atoms with Gasteiger partial charge in [-0.15, -0.1) is 0 Å². The fourth-order valence-corrected chi connectivity index (χ4v) is 8.52. The minimum Gasteiger partial charge on any atom is -0.411 e. The molecular weight excluding hydrogens is 1330 g/mol. The molecule has 0 unspecified atom stereocenters. The van der Waals surface area contributed by atoms with Crippen molar-refractivity contribution in [2.75, 3.05) is 112 Å². The van der Waals surface area contributed by atoms with Crippen molar-refractivity contribution in [3.8, 4) is 0 Å². The van der Waals surface area contributed by atoms with Crippen LogP contribution in [0.4, 0.5) is 0 Å². The molecule has 0 rings (SSSR count). The van der Waals surface area contributed by atoms with Crippen molar-refractivity contribution in [2.45, 2.75) is 247 Å². The number of carbonyl (C=O) groups is 12. The lowest BCUT2D eigenvalue weighted by Gasteiger charge is -2.32. The van der Waals surface area contributed by atoms with Crippen LogP contribution in [-0.4, -0.2) is 239 Å². The third-order valence-electron chi connectivity index (χ3n) is 15.6. The van der Waals surface area contributed by atoms with Gasteiger partial charge in [-0.2, -0.15) is 0 Å². The predicted molar refractivity (Wildman–Crippen MR) is 390 cm³/mol. The van der Waals surface area contributed by atoms with Gasteiger partial charge < -0.3 is 93.5 Å². The number of amides is 9. The van der Waals surface area contributed by atoms with Crippen LogP contribution in [-0.2, 0) is 76.5 Å². The fourth-order valence-electron chi connectivity index (χ4n) is 8.52. The molecule has 0 heterocycles. The van der Waals surface area contributed by atoms with Crippen molar-refractivity contribution >= 4 is 81.9 Å². The number of carbonyl (C=O) groups excluding carboxylic acids is 12. The summed E-state index contributed by atoms with van der Waals surface area (Å²) in [6, 6.07) is -2.73. The van der Waals surface area contributed by atoms with Crippen LogP contribution in [0.5, 0.6) is 0 Å². The molecule has 0 bridgehead atoms. The van der Waals surface area contributed by atoms with E-state index in [0.29, 0.717) is 81.5 Å². The Hall–Kier alpha value is -7.14. The summed E-state index contributed by atoms with van der Waals surface area (Å²) in [7, 11) is 0. The van der Waals surface area contributed by atoms with Crippen molar-refractivity contribution in [3.05, 3.63) is 0 Å². The lowest BCUT2D eigenvalue weighted by molar-refractivity contribution is -0.129. The standard InChI is InChI=1S/C59H109N15O17.C6H12O.C4H10/c1-41(75)35-67-46(55(60)83)17-9-12-25-63-53(81)39-90-33-32-89-30-28-65-54(82)40-91-34-31-88-29-27-64-50(78)21-15-20-49(77)62-24-13-11-19-48(57(85)66-26-14-10-18-47(56(61)84)68-36-42(2)76)72-52(80)23-16-22-51(79)71-45(37-69-58(5,6)43(3)73-86)38-70-59(7,8)44(4)74-87;1-3-4-5-6(2)7;1-3-4-2/h45-48,67-70,86-87H,9-40H2,1-8H3,(H2,60,83)(H2,61,84)(H,62,77)(H,63,81)(H,64,78)(H,65,82)(H,66,85)(H,71,79)(H,72,80);3-5H2,1-2H3;3-4H2,1-2H3/b73-43+,74-44+;;/t46-,47+,48-;;/m0../s1. The van der Waals surface area contributed by atoms with Crippen molar-refractivity contribution in [1.29, 1.82) is 0 Å². The van der Waals surface area contributed by atoms with Crippen molar-refractivity contribution in [2.24, 2.45) is 21.8 Å². The van der Waals surface area contributed by atoms with Crippen molar-refractivity contribution < 1.29 is 86.9 Å². The number of Topliss-reactive ketones (excluding diaryl/α,β-unsaturated/α-hetero) is 3. The molecule has 0 spiro atoms. The second-order valence-corrected chi connectivity index (χ2v) is 25.9. The number of primary amides is 2. The number of hydrogen-bond acceptors (Lipinski definition) is 24. The molecule has 0 aliphatic rings. The molecule has 0 aliphatic heterocycles. The summed E-state index contributed by atoms with van der Waals surface area (Å²) < 4.78 is 21.5. The van der Waals surface area contributed by atoms with Crippen LogP contribution in [0.15, 0.2) is 10.3 Å². The number of rotatable bonds is 62. The van der Waals surface area contributed by atoms with Gasteiger partial charge in [0.2, 0.25) is 53.2 Å². The molecule has 102 heavy (non-hydrogen) atoms. The number of ether oxygens (including phenoxy) is 4. The Kier molecular flexibility index (Phi) is 61.7. The summed E-state index contributed by atoms with van der Waals surface area (Å²) in [5.41, 5.74) is 10.3. The third kappa shape index (κ3) is 60.4. The first-order valence-corrected chi connectivity index (χ1v) is 36.0. The van der Waals surface area contributed by atoms with E-state index in [9.17, 15) is 67.9 Å². The van der Waals surface area contributed by atoms with Gasteiger partial charge >= 0.3 is 0 Å². The largest absolute Gasteiger partial charge is 0.411 e. The van der Waals surface area contributed by atoms with Crippen molar-refractivity contribution in [1.82, 2.24) is 58.5 Å². The van der Waals surface area contributed by atoms with E-state index in [-0.39, 0.29) is 185 Å². The van der Waals surface area contributed by atoms with Gasteiger partial charge in [-0.25, -0.2) is 0 Å². The van der Waals surface area contributed by atoms with E-state index in [2.05, 4.69) is 89.6 Å².